The average molecular weight is 278 g/mol. The topological polar surface area (TPSA) is 54.2 Å². The number of hydrogen-bond donors (Lipinski definition) is 1. The van der Waals surface area contributed by atoms with E-state index >= 15 is 0 Å². The molecule has 3 heterocycles. The van der Waals surface area contributed by atoms with Gasteiger partial charge >= 0.3 is 0 Å². The number of aliphatic hydroxyl groups is 1. The van der Waals surface area contributed by atoms with Gasteiger partial charge in [0, 0.05) is 31.0 Å². The second-order valence-corrected chi connectivity index (χ2v) is 6.52. The van der Waals surface area contributed by atoms with Gasteiger partial charge in [0.05, 0.1) is 6.61 Å². The van der Waals surface area contributed by atoms with Gasteiger partial charge in [-0.25, -0.2) is 0 Å². The molecule has 112 valence electrons. The number of aliphatic hydroxyl groups excluding tert-OH is 1. The zero-order valence-electron chi connectivity index (χ0n) is 12.6. The summed E-state index contributed by atoms with van der Waals surface area (Å²) >= 11 is 0. The van der Waals surface area contributed by atoms with E-state index in [-0.39, 0.29) is 12.5 Å². The standard InChI is InChI=1S/C15H26N4O/c1-11(2)18-7-3-5-12(9-18)14-16-17-15-13(10-20)6-4-8-19(14)15/h11-13,20H,3-10H2,1-2H3. The van der Waals surface area contributed by atoms with Crippen molar-refractivity contribution in [2.75, 3.05) is 19.7 Å². The van der Waals surface area contributed by atoms with Crippen molar-refractivity contribution in [1.29, 1.82) is 0 Å². The Morgan fingerprint density at radius 2 is 1.90 bits per heavy atom. The summed E-state index contributed by atoms with van der Waals surface area (Å²) in [5.74, 6) is 2.86. The van der Waals surface area contributed by atoms with Gasteiger partial charge in [0.15, 0.2) is 0 Å². The van der Waals surface area contributed by atoms with Crippen LogP contribution in [0.2, 0.25) is 0 Å². The van der Waals surface area contributed by atoms with Gasteiger partial charge in [-0.2, -0.15) is 0 Å². The van der Waals surface area contributed by atoms with Crippen LogP contribution in [0.4, 0.5) is 0 Å². The lowest BCUT2D eigenvalue weighted by Crippen LogP contribution is -2.40. The molecule has 2 aliphatic rings. The van der Waals surface area contributed by atoms with Gasteiger partial charge in [-0.15, -0.1) is 10.2 Å². The van der Waals surface area contributed by atoms with E-state index in [1.807, 2.05) is 0 Å². The maximum Gasteiger partial charge on any atom is 0.138 e. The third-order valence-corrected chi connectivity index (χ3v) is 4.88. The van der Waals surface area contributed by atoms with Gasteiger partial charge in [-0.05, 0) is 46.1 Å². The fourth-order valence-corrected chi connectivity index (χ4v) is 3.64. The van der Waals surface area contributed by atoms with Crippen LogP contribution >= 0.6 is 0 Å². The molecular formula is C15H26N4O. The molecule has 1 fully saturated rings. The van der Waals surface area contributed by atoms with Gasteiger partial charge in [0.1, 0.15) is 11.6 Å². The van der Waals surface area contributed by atoms with E-state index in [4.69, 9.17) is 0 Å². The highest BCUT2D eigenvalue weighted by Gasteiger charge is 2.31. The smallest absolute Gasteiger partial charge is 0.138 e. The lowest BCUT2D eigenvalue weighted by Gasteiger charge is -2.35. The molecule has 0 amide bonds. The first-order valence-electron chi connectivity index (χ1n) is 7.98. The molecule has 5 nitrogen and oxygen atoms in total. The Labute approximate surface area is 121 Å². The van der Waals surface area contributed by atoms with E-state index in [2.05, 4.69) is 33.5 Å². The van der Waals surface area contributed by atoms with Crippen molar-refractivity contribution < 1.29 is 5.11 Å². The second kappa shape index (κ2) is 5.82. The summed E-state index contributed by atoms with van der Waals surface area (Å²) in [5, 5.41) is 18.4. The zero-order chi connectivity index (χ0) is 14.1. The number of likely N-dealkylation sites (tertiary alicyclic amines) is 1. The average Bonchev–Trinajstić information content (AvgIpc) is 2.91. The summed E-state index contributed by atoms with van der Waals surface area (Å²) in [4.78, 5) is 2.54. The molecule has 0 aliphatic carbocycles. The molecule has 1 N–H and O–H groups in total. The van der Waals surface area contributed by atoms with Gasteiger partial charge in [0.25, 0.3) is 0 Å². The van der Waals surface area contributed by atoms with Crippen molar-refractivity contribution in [3.63, 3.8) is 0 Å². The highest BCUT2D eigenvalue weighted by Crippen LogP contribution is 2.32. The molecule has 1 aromatic heterocycles. The third-order valence-electron chi connectivity index (χ3n) is 4.88. The normalized spacial score (nSPS) is 27.8. The van der Waals surface area contributed by atoms with E-state index in [0.29, 0.717) is 12.0 Å². The molecule has 0 aromatic carbocycles. The van der Waals surface area contributed by atoms with Gasteiger partial charge in [-0.1, -0.05) is 0 Å². The van der Waals surface area contributed by atoms with E-state index in [1.165, 1.54) is 19.4 Å². The van der Waals surface area contributed by atoms with Crippen LogP contribution in [0.3, 0.4) is 0 Å². The molecule has 2 aliphatic heterocycles. The van der Waals surface area contributed by atoms with Crippen molar-refractivity contribution in [2.45, 2.75) is 64.0 Å². The molecule has 2 atom stereocenters. The van der Waals surface area contributed by atoms with Crippen LogP contribution in [0.25, 0.3) is 0 Å². The Morgan fingerprint density at radius 1 is 1.15 bits per heavy atom. The minimum atomic E-state index is 0.190. The fraction of sp³-hybridized carbons (Fsp3) is 0.867. The van der Waals surface area contributed by atoms with Crippen LogP contribution in [0.15, 0.2) is 0 Å². The highest BCUT2D eigenvalue weighted by molar-refractivity contribution is 5.10. The molecule has 0 radical (unpaired) electrons. The minimum Gasteiger partial charge on any atom is -0.396 e. The summed E-state index contributed by atoms with van der Waals surface area (Å²) in [5.41, 5.74) is 0. The first-order valence-corrected chi connectivity index (χ1v) is 7.98. The lowest BCUT2D eigenvalue weighted by atomic mass is 9.94. The Kier molecular flexibility index (Phi) is 4.08. The van der Waals surface area contributed by atoms with Gasteiger partial charge in [-0.3, -0.25) is 0 Å². The molecule has 0 saturated carbocycles. The molecule has 1 aromatic rings. The quantitative estimate of drug-likeness (QED) is 0.915. The van der Waals surface area contributed by atoms with Crippen molar-refractivity contribution >= 4 is 0 Å². The molecule has 0 bridgehead atoms. The van der Waals surface area contributed by atoms with E-state index in [9.17, 15) is 5.11 Å². The van der Waals surface area contributed by atoms with Crippen molar-refractivity contribution in [2.24, 2.45) is 0 Å². The summed E-state index contributed by atoms with van der Waals surface area (Å²) in [7, 11) is 0. The second-order valence-electron chi connectivity index (χ2n) is 6.52. The number of nitrogens with zero attached hydrogens (tertiary/aromatic N) is 4. The molecule has 3 rings (SSSR count). The van der Waals surface area contributed by atoms with Crippen LogP contribution in [-0.2, 0) is 6.54 Å². The minimum absolute atomic E-state index is 0.190. The number of piperidine rings is 1. The fourth-order valence-electron chi connectivity index (χ4n) is 3.64. The van der Waals surface area contributed by atoms with Crippen LogP contribution in [-0.4, -0.2) is 50.5 Å². The van der Waals surface area contributed by atoms with Crippen LogP contribution < -0.4 is 0 Å². The summed E-state index contributed by atoms with van der Waals surface area (Å²) in [6.45, 7) is 8.05. The van der Waals surface area contributed by atoms with Crippen LogP contribution in [0, 0.1) is 0 Å². The SMILES string of the molecule is CC(C)N1CCCC(c2nnc3n2CCCC3CO)C1. The number of rotatable bonds is 3. The maximum atomic E-state index is 9.48. The van der Waals surface area contributed by atoms with E-state index < -0.39 is 0 Å². The molecule has 0 spiro atoms. The van der Waals surface area contributed by atoms with Crippen molar-refractivity contribution in [1.82, 2.24) is 19.7 Å². The van der Waals surface area contributed by atoms with Crippen LogP contribution in [0.5, 0.6) is 0 Å². The molecular weight excluding hydrogens is 252 g/mol. The Hall–Kier alpha value is -0.940. The number of hydrogen-bond acceptors (Lipinski definition) is 4. The zero-order valence-corrected chi connectivity index (χ0v) is 12.6. The Bertz CT molecular complexity index is 457. The summed E-state index contributed by atoms with van der Waals surface area (Å²) in [6.07, 6.45) is 4.63. The molecule has 5 heteroatoms. The first-order chi connectivity index (χ1) is 9.70. The van der Waals surface area contributed by atoms with E-state index in [1.54, 1.807) is 0 Å². The molecule has 20 heavy (non-hydrogen) atoms. The summed E-state index contributed by atoms with van der Waals surface area (Å²) in [6, 6.07) is 0.603. The first kappa shape index (κ1) is 14.0. The Morgan fingerprint density at radius 3 is 2.65 bits per heavy atom. The largest absolute Gasteiger partial charge is 0.396 e. The predicted molar refractivity (Wildman–Crippen MR) is 77.8 cm³/mol. The third kappa shape index (κ3) is 2.49. The number of aromatic nitrogens is 3. The Balaban J connectivity index is 1.82. The highest BCUT2D eigenvalue weighted by atomic mass is 16.3. The molecule has 2 unspecified atom stereocenters. The lowest BCUT2D eigenvalue weighted by molar-refractivity contribution is 0.162. The number of fused-ring (bicyclic) bond motifs is 1. The van der Waals surface area contributed by atoms with Crippen LogP contribution in [0.1, 0.15) is 63.0 Å². The van der Waals surface area contributed by atoms with Crippen molar-refractivity contribution in [3.8, 4) is 0 Å². The predicted octanol–water partition coefficient (Wildman–Crippen LogP) is 1.74. The maximum absolute atomic E-state index is 9.48. The van der Waals surface area contributed by atoms with E-state index in [0.717, 1.165) is 37.6 Å². The molecule has 1 saturated heterocycles. The van der Waals surface area contributed by atoms with Gasteiger partial charge in [0.2, 0.25) is 0 Å². The van der Waals surface area contributed by atoms with Gasteiger partial charge < -0.3 is 14.6 Å². The van der Waals surface area contributed by atoms with Crippen molar-refractivity contribution in [3.05, 3.63) is 11.6 Å². The summed E-state index contributed by atoms with van der Waals surface area (Å²) < 4.78 is 2.29. The monoisotopic (exact) mass is 278 g/mol.